The molecule has 5 saturated carbocycles. The van der Waals surface area contributed by atoms with Gasteiger partial charge in [0.1, 0.15) is 18.2 Å². The monoisotopic (exact) mass is 465 g/mol. The Bertz CT molecular complexity index is 1050. The molecule has 1 aromatic carbocycles. The van der Waals surface area contributed by atoms with Crippen LogP contribution in [0, 0.1) is 65.1 Å². The highest BCUT2D eigenvalue weighted by Gasteiger charge is 2.70. The zero-order valence-corrected chi connectivity index (χ0v) is 20.3. The van der Waals surface area contributed by atoms with Crippen LogP contribution >= 0.6 is 0 Å². The predicted octanol–water partition coefficient (Wildman–Crippen LogP) is 6.20. The molecular formula is C29H36FNO3. The number of carbonyl (C=O) groups excluding carboxylic acids is 1. The van der Waals surface area contributed by atoms with Crippen LogP contribution in [0.4, 0.5) is 10.1 Å². The molecule has 0 aromatic heterocycles. The van der Waals surface area contributed by atoms with Crippen molar-refractivity contribution in [1.29, 1.82) is 0 Å². The standard InChI is InChI=1S/C29H36FNO3/c1-28(33)10-8-18-16(14-28)4-6-20-19(18)9-11-29(2)26(20)21-13-22(21)27(29)24(32)15-34-25-7-5-17(30)12-23(25)31-3/h5,7,12,16,18-22,26-27,33H,4,6,8-11,13-15H2,1-2H3/t16-,18+,19-,20-,21-,22+,26-,27-,28-,29+/m1/s1. The first-order valence-corrected chi connectivity index (χ1v) is 13.3. The van der Waals surface area contributed by atoms with Gasteiger partial charge in [0, 0.05) is 5.92 Å². The summed E-state index contributed by atoms with van der Waals surface area (Å²) in [6.07, 6.45) is 9.05. The van der Waals surface area contributed by atoms with E-state index in [2.05, 4.69) is 11.8 Å². The minimum atomic E-state index is -0.485. The summed E-state index contributed by atoms with van der Waals surface area (Å²) >= 11 is 0. The van der Waals surface area contributed by atoms with Crippen LogP contribution < -0.4 is 4.74 Å². The molecule has 0 radical (unpaired) electrons. The summed E-state index contributed by atoms with van der Waals surface area (Å²) in [5.74, 6) is 4.76. The zero-order chi connectivity index (χ0) is 23.8. The second-order valence-corrected chi connectivity index (χ2v) is 12.7. The van der Waals surface area contributed by atoms with Crippen LogP contribution in [0.15, 0.2) is 18.2 Å². The third-order valence-electron chi connectivity index (χ3n) is 10.8. The van der Waals surface area contributed by atoms with E-state index in [0.29, 0.717) is 29.4 Å². The Hall–Kier alpha value is -1.93. The largest absolute Gasteiger partial charge is 0.497 e. The van der Waals surface area contributed by atoms with Crippen LogP contribution in [0.1, 0.15) is 65.2 Å². The fourth-order valence-corrected chi connectivity index (χ4v) is 9.59. The molecule has 5 fully saturated rings. The van der Waals surface area contributed by atoms with Gasteiger partial charge < -0.3 is 9.84 Å². The van der Waals surface area contributed by atoms with E-state index >= 15 is 0 Å². The fraction of sp³-hybridized carbons (Fsp3) is 0.724. The van der Waals surface area contributed by atoms with E-state index in [4.69, 9.17) is 11.3 Å². The topological polar surface area (TPSA) is 50.9 Å². The molecule has 0 saturated heterocycles. The van der Waals surface area contributed by atoms with Gasteiger partial charge in [-0.1, -0.05) is 6.92 Å². The average Bonchev–Trinajstić information content (AvgIpc) is 3.50. The molecule has 0 unspecified atom stereocenters. The van der Waals surface area contributed by atoms with E-state index in [1.54, 1.807) is 0 Å². The first-order valence-electron chi connectivity index (χ1n) is 13.3. The van der Waals surface area contributed by atoms with Crippen molar-refractivity contribution in [3.8, 4) is 5.75 Å². The van der Waals surface area contributed by atoms with Crippen LogP contribution in [-0.4, -0.2) is 23.1 Å². The van der Waals surface area contributed by atoms with E-state index in [0.717, 1.165) is 43.4 Å². The second kappa shape index (κ2) is 7.79. The minimum absolute atomic E-state index is 0.0295. The highest BCUT2D eigenvalue weighted by Crippen LogP contribution is 2.74. The molecule has 182 valence electrons. The van der Waals surface area contributed by atoms with Crippen molar-refractivity contribution < 1.29 is 19.0 Å². The molecule has 1 N–H and O–H groups in total. The maximum atomic E-state index is 13.5. The lowest BCUT2D eigenvalue weighted by atomic mass is 9.48. The lowest BCUT2D eigenvalue weighted by Gasteiger charge is -2.57. The van der Waals surface area contributed by atoms with Gasteiger partial charge in [-0.15, -0.1) is 0 Å². The predicted molar refractivity (Wildman–Crippen MR) is 127 cm³/mol. The minimum Gasteiger partial charge on any atom is -0.497 e. The number of Topliss-reactive ketones (excluding diaryl/α,β-unsaturated/α-hetero) is 1. The molecule has 10 atom stereocenters. The van der Waals surface area contributed by atoms with E-state index in [1.165, 1.54) is 43.9 Å². The van der Waals surface area contributed by atoms with Gasteiger partial charge in [0.05, 0.1) is 12.2 Å². The number of hydrogen-bond donors (Lipinski definition) is 1. The van der Waals surface area contributed by atoms with Crippen molar-refractivity contribution in [3.05, 3.63) is 35.4 Å². The quantitative estimate of drug-likeness (QED) is 0.539. The summed E-state index contributed by atoms with van der Waals surface area (Å²) in [4.78, 5) is 16.9. The van der Waals surface area contributed by atoms with Gasteiger partial charge in [-0.2, -0.15) is 0 Å². The molecule has 5 heteroatoms. The smallest absolute Gasteiger partial charge is 0.231 e. The number of halogens is 1. The summed E-state index contributed by atoms with van der Waals surface area (Å²) in [7, 11) is 0. The number of hydrogen-bond acceptors (Lipinski definition) is 3. The molecule has 4 nitrogen and oxygen atoms in total. The average molecular weight is 466 g/mol. The number of nitrogens with zero attached hydrogens (tertiary/aromatic N) is 1. The molecule has 5 aliphatic carbocycles. The highest BCUT2D eigenvalue weighted by atomic mass is 19.1. The number of carbonyl (C=O) groups is 1. The van der Waals surface area contributed by atoms with Gasteiger partial charge >= 0.3 is 0 Å². The maximum Gasteiger partial charge on any atom is 0.231 e. The third-order valence-corrected chi connectivity index (χ3v) is 10.8. The van der Waals surface area contributed by atoms with Gasteiger partial charge in [-0.25, -0.2) is 9.24 Å². The number of ketones is 1. The molecule has 5 aliphatic rings. The molecular weight excluding hydrogens is 429 g/mol. The number of rotatable bonds is 4. The zero-order valence-electron chi connectivity index (χ0n) is 20.3. The summed E-state index contributed by atoms with van der Waals surface area (Å²) in [6.45, 7) is 11.6. The summed E-state index contributed by atoms with van der Waals surface area (Å²) in [5.41, 5.74) is -0.314. The second-order valence-electron chi connectivity index (χ2n) is 12.7. The molecule has 0 amide bonds. The Morgan fingerprint density at radius 2 is 1.91 bits per heavy atom. The van der Waals surface area contributed by atoms with Crippen LogP contribution in [0.25, 0.3) is 4.85 Å². The van der Waals surface area contributed by atoms with Gasteiger partial charge in [-0.05, 0) is 123 Å². The van der Waals surface area contributed by atoms with Crippen LogP contribution in [-0.2, 0) is 4.79 Å². The Kier molecular flexibility index (Phi) is 5.16. The van der Waals surface area contributed by atoms with E-state index in [1.807, 2.05) is 6.92 Å². The molecule has 0 spiro atoms. The number of aliphatic hydroxyl groups is 1. The lowest BCUT2D eigenvalue weighted by molar-refractivity contribution is -0.137. The Morgan fingerprint density at radius 1 is 1.12 bits per heavy atom. The summed E-state index contributed by atoms with van der Waals surface area (Å²) in [5, 5.41) is 10.6. The fourth-order valence-electron chi connectivity index (χ4n) is 9.59. The van der Waals surface area contributed by atoms with Crippen molar-refractivity contribution in [2.45, 2.75) is 70.8 Å². The van der Waals surface area contributed by atoms with Crippen molar-refractivity contribution in [3.63, 3.8) is 0 Å². The van der Waals surface area contributed by atoms with E-state index in [-0.39, 0.29) is 29.4 Å². The van der Waals surface area contributed by atoms with E-state index in [9.17, 15) is 14.3 Å². The van der Waals surface area contributed by atoms with Crippen molar-refractivity contribution in [2.75, 3.05) is 6.61 Å². The van der Waals surface area contributed by atoms with E-state index < -0.39 is 11.4 Å². The lowest BCUT2D eigenvalue weighted by Crippen LogP contribution is -2.52. The summed E-state index contributed by atoms with van der Waals surface area (Å²) in [6, 6.07) is 3.90. The van der Waals surface area contributed by atoms with Crippen molar-refractivity contribution in [2.24, 2.45) is 52.8 Å². The highest BCUT2D eigenvalue weighted by molar-refractivity contribution is 5.85. The van der Waals surface area contributed by atoms with Gasteiger partial charge in [0.15, 0.2) is 5.78 Å². The molecule has 0 bridgehead atoms. The van der Waals surface area contributed by atoms with Gasteiger partial charge in [-0.3, -0.25) is 4.79 Å². The van der Waals surface area contributed by atoms with Crippen LogP contribution in [0.5, 0.6) is 5.75 Å². The number of benzene rings is 1. The number of ether oxygens (including phenoxy) is 1. The molecule has 0 aliphatic heterocycles. The van der Waals surface area contributed by atoms with Crippen molar-refractivity contribution >= 4 is 11.5 Å². The molecule has 34 heavy (non-hydrogen) atoms. The van der Waals surface area contributed by atoms with Crippen molar-refractivity contribution in [1.82, 2.24) is 0 Å². The molecule has 1 aromatic rings. The van der Waals surface area contributed by atoms with Gasteiger partial charge in [0.2, 0.25) is 5.69 Å². The Morgan fingerprint density at radius 3 is 2.71 bits per heavy atom. The third kappa shape index (κ3) is 3.43. The Labute approximate surface area is 202 Å². The SMILES string of the molecule is [C-]#[N+]c1cc(F)ccc1OCC(=O)[C@H]1[C@H]2C[C@H]2[C@H]2[C@@H]3CC[C@@H]4C[C@](C)(O)CC[C@@H]4[C@H]3CC[C@@]21C. The maximum absolute atomic E-state index is 13.5. The number of fused-ring (bicyclic) bond motifs is 7. The molecule has 6 rings (SSSR count). The summed E-state index contributed by atoms with van der Waals surface area (Å²) < 4.78 is 19.3. The van der Waals surface area contributed by atoms with Crippen LogP contribution in [0.2, 0.25) is 0 Å². The molecule has 0 heterocycles. The van der Waals surface area contributed by atoms with Gasteiger partial charge in [0.25, 0.3) is 0 Å². The Balaban J connectivity index is 1.18. The normalized spacial score (nSPS) is 46.3. The first kappa shape index (κ1) is 22.5. The van der Waals surface area contributed by atoms with Crippen LogP contribution in [0.3, 0.4) is 0 Å². The first-order chi connectivity index (χ1) is 16.2.